The largest absolute Gasteiger partial charge is 0.333 e. The Labute approximate surface area is 91.1 Å². The van der Waals surface area contributed by atoms with Gasteiger partial charge in [-0.15, -0.1) is 0 Å². The molecule has 5 nitrogen and oxygen atoms in total. The van der Waals surface area contributed by atoms with Gasteiger partial charge in [-0.05, 0) is 30.1 Å². The van der Waals surface area contributed by atoms with E-state index in [-0.39, 0.29) is 23.1 Å². The molecule has 0 bridgehead atoms. The molecule has 75 valence electrons. The molecular formula is C7H7Cl2N4O. The van der Waals surface area contributed by atoms with Gasteiger partial charge in [-0.3, -0.25) is 4.79 Å². The Morgan fingerprint density at radius 1 is 1.29 bits per heavy atom. The molecule has 0 aliphatic rings. The van der Waals surface area contributed by atoms with Gasteiger partial charge in [-0.1, -0.05) is 0 Å². The minimum Gasteiger partial charge on any atom is -0.333 e. The predicted molar refractivity (Wildman–Crippen MR) is 53.4 cm³/mol. The van der Waals surface area contributed by atoms with E-state index in [1.54, 1.807) is 11.2 Å². The molecule has 0 spiro atoms. The number of likely N-dealkylation sites (N-methyl/N-ethyl adjacent to an activating group) is 1. The maximum atomic E-state index is 10.2. The van der Waals surface area contributed by atoms with E-state index >= 15 is 0 Å². The average molecular weight is 234 g/mol. The Bertz CT molecular complexity index is 313. The molecule has 1 heterocycles. The first kappa shape index (κ1) is 11.1. The normalized spacial score (nSPS) is 9.93. The van der Waals surface area contributed by atoms with Crippen LogP contribution in [0.2, 0.25) is 10.6 Å². The van der Waals surface area contributed by atoms with Crippen molar-refractivity contribution in [3.63, 3.8) is 0 Å². The summed E-state index contributed by atoms with van der Waals surface area (Å²) in [7, 11) is 0. The number of halogens is 2. The van der Waals surface area contributed by atoms with Gasteiger partial charge in [0.25, 0.3) is 0 Å². The predicted octanol–water partition coefficient (Wildman–Crippen LogP) is 1.11. The van der Waals surface area contributed by atoms with Crippen molar-refractivity contribution < 1.29 is 4.79 Å². The summed E-state index contributed by atoms with van der Waals surface area (Å²) in [6.45, 7) is 2.49. The lowest BCUT2D eigenvalue weighted by Crippen LogP contribution is -2.27. The van der Waals surface area contributed by atoms with Crippen molar-refractivity contribution in [1.82, 2.24) is 15.0 Å². The average Bonchev–Trinajstić information content (AvgIpc) is 2.12. The fourth-order valence-electron chi connectivity index (χ4n) is 0.859. The molecule has 1 radical (unpaired) electrons. The Morgan fingerprint density at radius 2 is 1.86 bits per heavy atom. The highest BCUT2D eigenvalue weighted by Crippen LogP contribution is 2.12. The summed E-state index contributed by atoms with van der Waals surface area (Å²) in [5, 5.41) is 0.00805. The molecule has 0 aliphatic heterocycles. The SMILES string of the molecule is CCN(C[C]=O)c1nc(Cl)nc(Cl)n1. The van der Waals surface area contributed by atoms with Gasteiger partial charge in [0.15, 0.2) is 0 Å². The maximum Gasteiger partial charge on any atom is 0.231 e. The number of carbonyl (C=O) groups excluding carboxylic acids is 1. The Kier molecular flexibility index (Phi) is 4.03. The van der Waals surface area contributed by atoms with Gasteiger partial charge >= 0.3 is 0 Å². The van der Waals surface area contributed by atoms with Crippen LogP contribution in [-0.2, 0) is 4.79 Å². The molecule has 0 unspecified atom stereocenters. The first-order valence-electron chi connectivity index (χ1n) is 3.84. The highest BCUT2D eigenvalue weighted by molar-refractivity contribution is 6.31. The van der Waals surface area contributed by atoms with Crippen LogP contribution in [0.4, 0.5) is 5.95 Å². The number of aromatic nitrogens is 3. The summed E-state index contributed by atoms with van der Waals surface area (Å²) >= 11 is 11.2. The van der Waals surface area contributed by atoms with Crippen molar-refractivity contribution in [2.45, 2.75) is 6.92 Å². The molecule has 1 aromatic rings. The fourth-order valence-corrected chi connectivity index (χ4v) is 1.21. The van der Waals surface area contributed by atoms with Crippen molar-refractivity contribution in [1.29, 1.82) is 0 Å². The van der Waals surface area contributed by atoms with Gasteiger partial charge in [0.1, 0.15) is 0 Å². The first-order valence-corrected chi connectivity index (χ1v) is 4.60. The van der Waals surface area contributed by atoms with Crippen LogP contribution >= 0.6 is 23.2 Å². The van der Waals surface area contributed by atoms with Gasteiger partial charge in [0, 0.05) is 6.54 Å². The zero-order valence-corrected chi connectivity index (χ0v) is 8.88. The maximum absolute atomic E-state index is 10.2. The molecular weight excluding hydrogens is 227 g/mol. The summed E-state index contributed by atoms with van der Waals surface area (Å²) in [5.74, 6) is 0.279. The van der Waals surface area contributed by atoms with E-state index in [0.717, 1.165) is 0 Å². The highest BCUT2D eigenvalue weighted by atomic mass is 35.5. The van der Waals surface area contributed by atoms with E-state index in [2.05, 4.69) is 15.0 Å². The van der Waals surface area contributed by atoms with Gasteiger partial charge < -0.3 is 4.90 Å². The van der Waals surface area contributed by atoms with Crippen LogP contribution in [0.25, 0.3) is 0 Å². The molecule has 0 amide bonds. The van der Waals surface area contributed by atoms with Crippen LogP contribution in [0.3, 0.4) is 0 Å². The third-order valence-electron chi connectivity index (χ3n) is 1.49. The van der Waals surface area contributed by atoms with E-state index < -0.39 is 0 Å². The first-order chi connectivity index (χ1) is 6.67. The molecule has 0 saturated carbocycles. The third kappa shape index (κ3) is 2.78. The number of rotatable bonds is 4. The summed E-state index contributed by atoms with van der Waals surface area (Å²) in [4.78, 5) is 23.0. The smallest absolute Gasteiger partial charge is 0.231 e. The second-order valence-electron chi connectivity index (χ2n) is 2.33. The molecule has 0 N–H and O–H groups in total. The molecule has 0 saturated heterocycles. The minimum atomic E-state index is 0.00403. The Hall–Kier alpha value is -0.940. The summed E-state index contributed by atoms with van der Waals surface area (Å²) in [6, 6.07) is 0. The molecule has 7 heteroatoms. The van der Waals surface area contributed by atoms with Crippen LogP contribution in [0, 0.1) is 0 Å². The lowest BCUT2D eigenvalue weighted by Gasteiger charge is -2.16. The monoisotopic (exact) mass is 233 g/mol. The highest BCUT2D eigenvalue weighted by Gasteiger charge is 2.09. The van der Waals surface area contributed by atoms with Crippen molar-refractivity contribution in [3.8, 4) is 0 Å². The summed E-state index contributed by atoms with van der Waals surface area (Å²) in [6.07, 6.45) is 1.75. The molecule has 1 rings (SSSR count). The van der Waals surface area contributed by atoms with Crippen LogP contribution in [-0.4, -0.2) is 34.3 Å². The van der Waals surface area contributed by atoms with Crippen molar-refractivity contribution in [2.75, 3.05) is 18.0 Å². The number of hydrogen-bond donors (Lipinski definition) is 0. The van der Waals surface area contributed by atoms with Crippen LogP contribution < -0.4 is 4.90 Å². The minimum absolute atomic E-state index is 0.00403. The second-order valence-corrected chi connectivity index (χ2v) is 3.01. The van der Waals surface area contributed by atoms with Crippen molar-refractivity contribution in [2.24, 2.45) is 0 Å². The van der Waals surface area contributed by atoms with Gasteiger partial charge in [-0.2, -0.15) is 15.0 Å². The van der Waals surface area contributed by atoms with Gasteiger partial charge in [-0.25, -0.2) is 0 Å². The number of hydrogen-bond acceptors (Lipinski definition) is 5. The lowest BCUT2D eigenvalue weighted by atomic mass is 10.5. The molecule has 0 aliphatic carbocycles. The van der Waals surface area contributed by atoms with E-state index in [1.807, 2.05) is 6.92 Å². The molecule has 0 aromatic carbocycles. The Morgan fingerprint density at radius 3 is 2.29 bits per heavy atom. The van der Waals surface area contributed by atoms with Gasteiger partial charge in [0.2, 0.25) is 22.8 Å². The summed E-state index contributed by atoms with van der Waals surface area (Å²) in [5.41, 5.74) is 0. The molecule has 1 aromatic heterocycles. The Balaban J connectivity index is 2.96. The van der Waals surface area contributed by atoms with E-state index in [0.29, 0.717) is 6.54 Å². The fraction of sp³-hybridized carbons (Fsp3) is 0.429. The summed E-state index contributed by atoms with van der Waals surface area (Å²) < 4.78 is 0. The van der Waals surface area contributed by atoms with E-state index in [1.165, 1.54) is 0 Å². The van der Waals surface area contributed by atoms with E-state index in [4.69, 9.17) is 23.2 Å². The topological polar surface area (TPSA) is 59.0 Å². The van der Waals surface area contributed by atoms with Crippen LogP contribution in [0.15, 0.2) is 0 Å². The molecule has 14 heavy (non-hydrogen) atoms. The zero-order chi connectivity index (χ0) is 10.6. The molecule has 0 atom stereocenters. The lowest BCUT2D eigenvalue weighted by molar-refractivity contribution is 0.553. The second kappa shape index (κ2) is 5.07. The standard InChI is InChI=1S/C7H7Cl2N4O/c1-2-13(3-4-14)7-11-5(8)10-6(9)12-7/h2-3H2,1H3. The van der Waals surface area contributed by atoms with Crippen molar-refractivity contribution in [3.05, 3.63) is 10.6 Å². The van der Waals surface area contributed by atoms with Crippen LogP contribution in [0.5, 0.6) is 0 Å². The van der Waals surface area contributed by atoms with Crippen molar-refractivity contribution >= 4 is 35.4 Å². The number of anilines is 1. The zero-order valence-electron chi connectivity index (χ0n) is 7.37. The van der Waals surface area contributed by atoms with Crippen LogP contribution in [0.1, 0.15) is 6.92 Å². The quantitative estimate of drug-likeness (QED) is 0.781. The molecule has 0 fully saturated rings. The third-order valence-corrected chi connectivity index (χ3v) is 1.83. The van der Waals surface area contributed by atoms with E-state index in [9.17, 15) is 4.79 Å². The number of nitrogens with zero attached hydrogens (tertiary/aromatic N) is 4. The van der Waals surface area contributed by atoms with Gasteiger partial charge in [0.05, 0.1) is 6.54 Å².